The lowest BCUT2D eigenvalue weighted by Gasteiger charge is -2.33. The van der Waals surface area contributed by atoms with Crippen LogP contribution in [0.2, 0.25) is 9.36 Å². The number of thiophene rings is 1. The number of sulfonamides is 1. The molecule has 4 heterocycles. The predicted molar refractivity (Wildman–Crippen MR) is 138 cm³/mol. The number of piperidine rings is 1. The topological polar surface area (TPSA) is 109 Å². The van der Waals surface area contributed by atoms with Crippen LogP contribution in [0.15, 0.2) is 33.2 Å². The van der Waals surface area contributed by atoms with Gasteiger partial charge in [-0.1, -0.05) is 30.1 Å². The molecule has 1 aliphatic rings. The molecular formula is C22H25Cl2N5O4S2. The van der Waals surface area contributed by atoms with Crippen molar-refractivity contribution in [3.63, 3.8) is 0 Å². The van der Waals surface area contributed by atoms with E-state index in [-0.39, 0.29) is 4.21 Å². The highest BCUT2D eigenvalue weighted by Crippen LogP contribution is 2.41. The van der Waals surface area contributed by atoms with Crippen LogP contribution in [0.3, 0.4) is 0 Å². The number of hydrogen-bond acceptors (Lipinski definition) is 9. The Morgan fingerprint density at radius 1 is 1.23 bits per heavy atom. The van der Waals surface area contributed by atoms with Crippen molar-refractivity contribution in [1.29, 1.82) is 0 Å². The van der Waals surface area contributed by atoms with Gasteiger partial charge in [-0.15, -0.1) is 11.3 Å². The lowest BCUT2D eigenvalue weighted by Crippen LogP contribution is -2.42. The van der Waals surface area contributed by atoms with E-state index in [1.165, 1.54) is 12.1 Å². The molecule has 35 heavy (non-hydrogen) atoms. The van der Waals surface area contributed by atoms with Gasteiger partial charge in [0.15, 0.2) is 0 Å². The van der Waals surface area contributed by atoms with Gasteiger partial charge in [-0.3, -0.25) is 4.79 Å². The smallest absolute Gasteiger partial charge is 0.273 e. The number of anilines is 2. The normalized spacial score (nSPS) is 14.8. The van der Waals surface area contributed by atoms with E-state index in [4.69, 9.17) is 27.6 Å². The number of carbonyl (C=O) groups is 1. The fourth-order valence-corrected chi connectivity index (χ4v) is 6.90. The summed E-state index contributed by atoms with van der Waals surface area (Å²) < 4.78 is 33.3. The number of oxazole rings is 1. The van der Waals surface area contributed by atoms with Gasteiger partial charge in [-0.25, -0.2) is 23.1 Å². The third kappa shape index (κ3) is 5.42. The average molecular weight is 559 g/mol. The third-order valence-corrected chi connectivity index (χ3v) is 9.19. The number of nitrogens with zero attached hydrogens (tertiary/aromatic N) is 4. The van der Waals surface area contributed by atoms with Gasteiger partial charge >= 0.3 is 0 Å². The number of aryl methyl sites for hydroxylation is 1. The van der Waals surface area contributed by atoms with E-state index in [0.717, 1.165) is 29.2 Å². The van der Waals surface area contributed by atoms with Gasteiger partial charge in [0, 0.05) is 45.7 Å². The van der Waals surface area contributed by atoms with E-state index in [1.54, 1.807) is 12.4 Å². The van der Waals surface area contributed by atoms with Crippen LogP contribution >= 0.6 is 34.5 Å². The van der Waals surface area contributed by atoms with Crippen molar-refractivity contribution in [3.05, 3.63) is 39.6 Å². The van der Waals surface area contributed by atoms with E-state index in [1.807, 2.05) is 30.8 Å². The van der Waals surface area contributed by atoms with Crippen LogP contribution < -0.4 is 14.5 Å². The van der Waals surface area contributed by atoms with E-state index in [0.29, 0.717) is 52.6 Å². The van der Waals surface area contributed by atoms with Crippen LogP contribution in [0.1, 0.15) is 25.5 Å². The van der Waals surface area contributed by atoms with Crippen molar-refractivity contribution in [1.82, 2.24) is 14.7 Å². The van der Waals surface area contributed by atoms with E-state index < -0.39 is 21.8 Å². The number of aromatic nitrogens is 2. The standard InChI is InChI=1S/C22H25Cl2N5O4S2/c1-4-14-11-26-22(33-14)15-12-25-20(18(24)19(15)28(2)3)29-9-7-13(8-10-29)21(30)27-35(31,32)17-6-5-16(23)34-17/h5-6,11-13H,4,7-10H2,1-3H3,(H,27,30). The van der Waals surface area contributed by atoms with Crippen molar-refractivity contribution in [3.8, 4) is 11.5 Å². The minimum atomic E-state index is -3.94. The number of amides is 1. The summed E-state index contributed by atoms with van der Waals surface area (Å²) >= 11 is 13.5. The molecule has 0 saturated carbocycles. The number of halogens is 2. The second-order valence-electron chi connectivity index (χ2n) is 8.33. The quantitative estimate of drug-likeness (QED) is 0.453. The largest absolute Gasteiger partial charge is 0.441 e. The number of nitrogens with one attached hydrogen (secondary N) is 1. The molecule has 1 fully saturated rings. The molecule has 4 rings (SSSR count). The first kappa shape index (κ1) is 25.7. The number of rotatable bonds is 7. The van der Waals surface area contributed by atoms with Gasteiger partial charge in [0.05, 0.1) is 21.8 Å². The predicted octanol–water partition coefficient (Wildman–Crippen LogP) is 4.45. The lowest BCUT2D eigenvalue weighted by molar-refractivity contribution is -0.123. The Kier molecular flexibility index (Phi) is 7.60. The van der Waals surface area contributed by atoms with Crippen LogP contribution in [0.25, 0.3) is 11.5 Å². The number of hydrogen-bond donors (Lipinski definition) is 1. The Morgan fingerprint density at radius 2 is 1.94 bits per heavy atom. The summed E-state index contributed by atoms with van der Waals surface area (Å²) in [5.41, 5.74) is 1.43. The zero-order valence-electron chi connectivity index (χ0n) is 19.4. The van der Waals surface area contributed by atoms with Gasteiger partial charge in [0.2, 0.25) is 11.8 Å². The molecule has 0 aliphatic carbocycles. The fraction of sp³-hybridized carbons (Fsp3) is 0.409. The van der Waals surface area contributed by atoms with Gasteiger partial charge < -0.3 is 14.2 Å². The molecular weight excluding hydrogens is 533 g/mol. The molecule has 1 saturated heterocycles. The summed E-state index contributed by atoms with van der Waals surface area (Å²) in [5.74, 6) is 0.862. The molecule has 1 amide bonds. The fourth-order valence-electron chi connectivity index (χ4n) is 3.94. The Hall–Kier alpha value is -2.34. The maximum absolute atomic E-state index is 12.7. The van der Waals surface area contributed by atoms with Crippen LogP contribution in [-0.2, 0) is 21.2 Å². The molecule has 1 aliphatic heterocycles. The first-order valence-corrected chi connectivity index (χ1v) is 14.0. The zero-order valence-corrected chi connectivity index (χ0v) is 22.6. The van der Waals surface area contributed by atoms with Gasteiger partial charge in [-0.2, -0.15) is 0 Å². The first-order valence-electron chi connectivity index (χ1n) is 11.0. The first-order chi connectivity index (χ1) is 16.6. The number of carbonyl (C=O) groups excluding carboxylic acids is 1. The SMILES string of the molecule is CCc1cnc(-c2cnc(N3CCC(C(=O)NS(=O)(=O)c4ccc(Cl)s4)CC3)c(Cl)c2N(C)C)o1. The summed E-state index contributed by atoms with van der Waals surface area (Å²) in [7, 11) is -0.170. The Morgan fingerprint density at radius 3 is 2.51 bits per heavy atom. The Labute approximate surface area is 218 Å². The minimum absolute atomic E-state index is 0.0117. The second-order valence-corrected chi connectivity index (χ2v) is 12.3. The summed E-state index contributed by atoms with van der Waals surface area (Å²) in [6.45, 7) is 2.99. The third-order valence-electron chi connectivity index (χ3n) is 5.77. The highest BCUT2D eigenvalue weighted by Gasteiger charge is 2.31. The lowest BCUT2D eigenvalue weighted by atomic mass is 9.96. The monoisotopic (exact) mass is 557 g/mol. The van der Waals surface area contributed by atoms with Gasteiger partial charge in [0.1, 0.15) is 20.8 Å². The van der Waals surface area contributed by atoms with Gasteiger partial charge in [0.25, 0.3) is 10.0 Å². The highest BCUT2D eigenvalue weighted by molar-refractivity contribution is 7.92. The number of pyridine rings is 1. The van der Waals surface area contributed by atoms with Gasteiger partial charge in [-0.05, 0) is 25.0 Å². The van der Waals surface area contributed by atoms with Crippen LogP contribution in [-0.4, -0.2) is 51.5 Å². The highest BCUT2D eigenvalue weighted by atomic mass is 35.5. The maximum atomic E-state index is 12.7. The minimum Gasteiger partial charge on any atom is -0.441 e. The molecule has 9 nitrogen and oxygen atoms in total. The molecule has 0 radical (unpaired) electrons. The molecule has 3 aromatic rings. The molecule has 13 heteroatoms. The second kappa shape index (κ2) is 10.3. The van der Waals surface area contributed by atoms with Crippen LogP contribution in [0, 0.1) is 5.92 Å². The summed E-state index contributed by atoms with van der Waals surface area (Å²) in [5, 5.41) is 0.462. The van der Waals surface area contributed by atoms with E-state index in [2.05, 4.69) is 14.7 Å². The molecule has 0 bridgehead atoms. The van der Waals surface area contributed by atoms with Crippen molar-refractivity contribution >= 4 is 62.0 Å². The molecule has 1 N–H and O–H groups in total. The Balaban J connectivity index is 1.48. The van der Waals surface area contributed by atoms with Crippen molar-refractivity contribution in [2.45, 2.75) is 30.4 Å². The zero-order chi connectivity index (χ0) is 25.3. The molecule has 0 atom stereocenters. The van der Waals surface area contributed by atoms with Crippen molar-refractivity contribution in [2.75, 3.05) is 37.0 Å². The molecule has 3 aromatic heterocycles. The summed E-state index contributed by atoms with van der Waals surface area (Å²) in [6, 6.07) is 2.87. The molecule has 0 unspecified atom stereocenters. The average Bonchev–Trinajstić information content (AvgIpc) is 3.48. The molecule has 188 valence electrons. The summed E-state index contributed by atoms with van der Waals surface area (Å²) in [6.07, 6.45) is 5.04. The van der Waals surface area contributed by atoms with Crippen LogP contribution in [0.4, 0.5) is 11.5 Å². The maximum Gasteiger partial charge on any atom is 0.273 e. The Bertz CT molecular complexity index is 1330. The van der Waals surface area contributed by atoms with Crippen LogP contribution in [0.5, 0.6) is 0 Å². The summed E-state index contributed by atoms with van der Waals surface area (Å²) in [4.78, 5) is 25.5. The van der Waals surface area contributed by atoms with E-state index in [9.17, 15) is 13.2 Å². The molecule has 0 spiro atoms. The van der Waals surface area contributed by atoms with E-state index >= 15 is 0 Å². The molecule has 0 aromatic carbocycles. The van der Waals surface area contributed by atoms with Crippen molar-refractivity contribution < 1.29 is 17.6 Å². The van der Waals surface area contributed by atoms with Crippen molar-refractivity contribution in [2.24, 2.45) is 5.92 Å².